The molecule has 0 unspecified atom stereocenters. The van der Waals surface area contributed by atoms with Crippen molar-refractivity contribution in [2.45, 2.75) is 64.1 Å². The van der Waals surface area contributed by atoms with Gasteiger partial charge in [-0.05, 0) is 49.6 Å². The Balaban J connectivity index is 1.43. The summed E-state index contributed by atoms with van der Waals surface area (Å²) in [7, 11) is -3.27. The maximum atomic E-state index is 14.5. The van der Waals surface area contributed by atoms with E-state index >= 15 is 0 Å². The molecular weight excluding hydrogens is 487 g/mol. The quantitative estimate of drug-likeness (QED) is 0.454. The first kappa shape index (κ1) is 25.4. The van der Waals surface area contributed by atoms with Gasteiger partial charge in [-0.1, -0.05) is 26.0 Å². The van der Waals surface area contributed by atoms with Crippen LogP contribution in [0.2, 0.25) is 0 Å². The monoisotopic (exact) mass is 516 g/mol. The predicted molar refractivity (Wildman–Crippen MR) is 135 cm³/mol. The molecule has 186 valence electrons. The molecule has 35 heavy (non-hydrogen) atoms. The Bertz CT molecular complexity index is 1340. The number of pyridine rings is 1. The fourth-order valence-electron chi connectivity index (χ4n) is 4.40. The number of hydrogen-bond acceptors (Lipinski definition) is 7. The molecule has 0 saturated carbocycles. The average Bonchev–Trinajstić information content (AvgIpc) is 3.35. The molecule has 10 heteroatoms. The highest BCUT2D eigenvalue weighted by Gasteiger charge is 2.37. The number of nitrogens with zero attached hydrogens (tertiary/aromatic N) is 3. The molecule has 0 bridgehead atoms. The third kappa shape index (κ3) is 5.29. The van der Waals surface area contributed by atoms with Crippen molar-refractivity contribution in [2.75, 3.05) is 11.1 Å². The van der Waals surface area contributed by atoms with Crippen molar-refractivity contribution in [1.82, 2.24) is 14.9 Å². The lowest BCUT2D eigenvalue weighted by atomic mass is 10.1. The van der Waals surface area contributed by atoms with E-state index in [1.54, 1.807) is 25.3 Å². The van der Waals surface area contributed by atoms with Gasteiger partial charge in [-0.15, -0.1) is 11.3 Å². The van der Waals surface area contributed by atoms with Crippen LogP contribution in [0.25, 0.3) is 0 Å². The number of carbonyl (C=O) groups excluding carboxylic acids is 1. The molecule has 1 aliphatic heterocycles. The first-order chi connectivity index (χ1) is 16.6. The maximum Gasteiger partial charge on any atom is 0.230 e. The van der Waals surface area contributed by atoms with Gasteiger partial charge in [0, 0.05) is 17.6 Å². The van der Waals surface area contributed by atoms with Crippen LogP contribution in [-0.2, 0) is 27.6 Å². The summed E-state index contributed by atoms with van der Waals surface area (Å²) in [6.07, 6.45) is 2.61. The van der Waals surface area contributed by atoms with Gasteiger partial charge in [-0.3, -0.25) is 14.7 Å². The smallest absolute Gasteiger partial charge is 0.230 e. The zero-order chi connectivity index (χ0) is 25.3. The fraction of sp³-hybridized carbons (Fsp3) is 0.400. The second kappa shape index (κ2) is 10.1. The molecular formula is C25H29FN4O3S2. The number of carbonyl (C=O) groups is 1. The maximum absolute atomic E-state index is 14.5. The molecule has 1 amide bonds. The van der Waals surface area contributed by atoms with Crippen LogP contribution in [0.3, 0.4) is 0 Å². The number of amides is 1. The SMILES string of the molecule is CC[C@H]1c2nc(NC(=O)Cc3ccc(S(=O)(=O)CC)cc3)sc2CN1[C@@H](C)c1ncc(C)cc1F. The number of hydrogen-bond donors (Lipinski definition) is 1. The van der Waals surface area contributed by atoms with Crippen LogP contribution >= 0.6 is 11.3 Å². The Hall–Kier alpha value is -2.69. The number of nitrogens with one attached hydrogen (secondary N) is 1. The molecule has 1 aromatic carbocycles. The van der Waals surface area contributed by atoms with Crippen molar-refractivity contribution in [3.63, 3.8) is 0 Å². The molecule has 0 saturated heterocycles. The van der Waals surface area contributed by atoms with Gasteiger partial charge in [-0.2, -0.15) is 0 Å². The lowest BCUT2D eigenvalue weighted by molar-refractivity contribution is -0.115. The van der Waals surface area contributed by atoms with Crippen molar-refractivity contribution >= 4 is 32.2 Å². The molecule has 2 atom stereocenters. The standard InChI is InChI=1S/C25H29FN4O3S2/c1-5-20-24-21(14-30(20)16(4)23-19(26)11-15(3)13-27-23)34-25(29-24)28-22(31)12-17-7-9-18(10-8-17)35(32,33)6-2/h7-11,13,16,20H,5-6,12,14H2,1-4H3,(H,28,29,31)/t16-,20-/m0/s1. The molecule has 3 aromatic rings. The van der Waals surface area contributed by atoms with E-state index in [1.807, 2.05) is 13.8 Å². The average molecular weight is 517 g/mol. The molecule has 3 heterocycles. The Morgan fingerprint density at radius 2 is 2.00 bits per heavy atom. The molecule has 1 aliphatic rings. The van der Waals surface area contributed by atoms with Crippen LogP contribution in [0, 0.1) is 12.7 Å². The summed E-state index contributed by atoms with van der Waals surface area (Å²) in [4.78, 5) is 25.1. The van der Waals surface area contributed by atoms with Gasteiger partial charge in [0.15, 0.2) is 15.0 Å². The van der Waals surface area contributed by atoms with E-state index in [9.17, 15) is 17.6 Å². The van der Waals surface area contributed by atoms with Gasteiger partial charge in [0.2, 0.25) is 5.91 Å². The van der Waals surface area contributed by atoms with Crippen molar-refractivity contribution in [1.29, 1.82) is 0 Å². The summed E-state index contributed by atoms with van der Waals surface area (Å²) in [5.41, 5.74) is 2.85. The normalized spacial score (nSPS) is 16.8. The lowest BCUT2D eigenvalue weighted by Crippen LogP contribution is -2.27. The van der Waals surface area contributed by atoms with Gasteiger partial charge in [0.25, 0.3) is 0 Å². The molecule has 0 fully saturated rings. The summed E-state index contributed by atoms with van der Waals surface area (Å²) in [5.74, 6) is -0.482. The Morgan fingerprint density at radius 3 is 2.63 bits per heavy atom. The number of thiazole rings is 1. The van der Waals surface area contributed by atoms with Crippen LogP contribution in [0.5, 0.6) is 0 Å². The first-order valence-electron chi connectivity index (χ1n) is 11.6. The number of benzene rings is 1. The van der Waals surface area contributed by atoms with E-state index in [0.717, 1.165) is 28.1 Å². The van der Waals surface area contributed by atoms with Crippen LogP contribution in [0.4, 0.5) is 9.52 Å². The number of rotatable bonds is 8. The van der Waals surface area contributed by atoms with E-state index in [4.69, 9.17) is 4.98 Å². The minimum absolute atomic E-state index is 0.0115. The Morgan fingerprint density at radius 1 is 1.29 bits per heavy atom. The third-order valence-corrected chi connectivity index (χ3v) is 9.05. The topological polar surface area (TPSA) is 92.3 Å². The summed E-state index contributed by atoms with van der Waals surface area (Å²) in [6, 6.07) is 7.70. The highest BCUT2D eigenvalue weighted by Crippen LogP contribution is 2.44. The number of fused-ring (bicyclic) bond motifs is 1. The lowest BCUT2D eigenvalue weighted by Gasteiger charge is -2.30. The van der Waals surface area contributed by atoms with Gasteiger partial charge < -0.3 is 5.32 Å². The predicted octanol–water partition coefficient (Wildman–Crippen LogP) is 4.99. The highest BCUT2D eigenvalue weighted by molar-refractivity contribution is 7.91. The second-order valence-corrected chi connectivity index (χ2v) is 12.1. The molecule has 4 rings (SSSR count). The van der Waals surface area contributed by atoms with E-state index in [2.05, 4.69) is 22.1 Å². The van der Waals surface area contributed by atoms with Crippen LogP contribution in [0.1, 0.15) is 66.7 Å². The summed E-state index contributed by atoms with van der Waals surface area (Å²) < 4.78 is 38.5. The van der Waals surface area contributed by atoms with Crippen molar-refractivity contribution < 1.29 is 17.6 Å². The summed E-state index contributed by atoms with van der Waals surface area (Å²) in [6.45, 7) is 8.06. The van der Waals surface area contributed by atoms with Gasteiger partial charge in [-0.25, -0.2) is 17.8 Å². The van der Waals surface area contributed by atoms with Crippen molar-refractivity contribution in [2.24, 2.45) is 0 Å². The number of aryl methyl sites for hydroxylation is 1. The molecule has 0 spiro atoms. The number of halogens is 1. The van der Waals surface area contributed by atoms with Gasteiger partial charge >= 0.3 is 0 Å². The number of anilines is 1. The van der Waals surface area contributed by atoms with Crippen LogP contribution in [0.15, 0.2) is 41.4 Å². The summed E-state index contributed by atoms with van der Waals surface area (Å²) >= 11 is 1.43. The Labute approximate surface area is 209 Å². The number of sulfone groups is 1. The van der Waals surface area contributed by atoms with E-state index in [0.29, 0.717) is 17.4 Å². The van der Waals surface area contributed by atoms with Crippen LogP contribution in [-0.4, -0.2) is 34.9 Å². The number of aromatic nitrogens is 2. The minimum atomic E-state index is -3.27. The van der Waals surface area contributed by atoms with E-state index < -0.39 is 9.84 Å². The zero-order valence-electron chi connectivity index (χ0n) is 20.2. The highest BCUT2D eigenvalue weighted by atomic mass is 32.2. The van der Waals surface area contributed by atoms with Gasteiger partial charge in [0.1, 0.15) is 5.82 Å². The molecule has 2 aromatic heterocycles. The van der Waals surface area contributed by atoms with Crippen molar-refractivity contribution in [3.05, 3.63) is 69.7 Å². The molecule has 0 radical (unpaired) electrons. The Kier molecular flexibility index (Phi) is 7.35. The second-order valence-electron chi connectivity index (χ2n) is 8.75. The van der Waals surface area contributed by atoms with E-state index in [1.165, 1.54) is 29.5 Å². The largest absolute Gasteiger partial charge is 0.302 e. The van der Waals surface area contributed by atoms with Gasteiger partial charge in [0.05, 0.1) is 40.5 Å². The van der Waals surface area contributed by atoms with E-state index in [-0.39, 0.29) is 40.9 Å². The molecule has 7 nitrogen and oxygen atoms in total. The minimum Gasteiger partial charge on any atom is -0.302 e. The van der Waals surface area contributed by atoms with Crippen LogP contribution < -0.4 is 5.32 Å². The van der Waals surface area contributed by atoms with Crippen molar-refractivity contribution in [3.8, 4) is 0 Å². The zero-order valence-corrected chi connectivity index (χ0v) is 21.8. The third-order valence-electron chi connectivity index (χ3n) is 6.33. The molecule has 0 aliphatic carbocycles. The fourth-order valence-corrected chi connectivity index (χ4v) is 6.32. The molecule has 1 N–H and O–H groups in total. The summed E-state index contributed by atoms with van der Waals surface area (Å²) in [5, 5.41) is 3.41. The first-order valence-corrected chi connectivity index (χ1v) is 14.1.